The zero-order chi connectivity index (χ0) is 26.5. The fourth-order valence-electron chi connectivity index (χ4n) is 4.45. The molecule has 0 amide bonds. The van der Waals surface area contributed by atoms with Crippen molar-refractivity contribution in [3.63, 3.8) is 0 Å². The van der Waals surface area contributed by atoms with Gasteiger partial charge in [0.15, 0.2) is 5.82 Å². The quantitative estimate of drug-likeness (QED) is 0.217. The number of ether oxygens (including phenoxy) is 2. The Kier molecular flexibility index (Phi) is 7.44. The van der Waals surface area contributed by atoms with E-state index in [-0.39, 0.29) is 18.3 Å². The van der Waals surface area contributed by atoms with Crippen molar-refractivity contribution in [1.82, 2.24) is 15.0 Å². The van der Waals surface area contributed by atoms with Crippen molar-refractivity contribution in [1.29, 1.82) is 5.41 Å². The Bertz CT molecular complexity index is 1420. The summed E-state index contributed by atoms with van der Waals surface area (Å²) in [5.41, 5.74) is 10.2. The van der Waals surface area contributed by atoms with Crippen LogP contribution in [0.4, 0.5) is 21.6 Å². The van der Waals surface area contributed by atoms with Gasteiger partial charge < -0.3 is 25.9 Å². The molecule has 0 saturated heterocycles. The van der Waals surface area contributed by atoms with E-state index in [0.29, 0.717) is 34.3 Å². The molecule has 8 nitrogen and oxygen atoms in total. The first kappa shape index (κ1) is 25.1. The van der Waals surface area contributed by atoms with E-state index in [2.05, 4.69) is 20.3 Å². The van der Waals surface area contributed by atoms with Gasteiger partial charge in [0.1, 0.15) is 47.4 Å². The predicted molar refractivity (Wildman–Crippen MR) is 145 cm³/mol. The van der Waals surface area contributed by atoms with Crippen LogP contribution in [0.5, 0.6) is 17.2 Å². The standard InChI is InChI=1S/C29H29FN6O2/c1-18-6-7-19(15-33-18)16-37-24-12-21(30)13-25(14-24)38-23-10-8-22(9-11-23)36-28-27(34-17-35-29(28)32)26(31)20-4-2-3-5-20/h6-15,17,20,31,36H,2-5,16H2,1H3,(H2,32,34,35). The average molecular weight is 513 g/mol. The number of nitrogens with zero attached hydrogens (tertiary/aromatic N) is 3. The molecule has 2 aromatic heterocycles. The van der Waals surface area contributed by atoms with Crippen LogP contribution in [0.1, 0.15) is 42.6 Å². The largest absolute Gasteiger partial charge is 0.489 e. The van der Waals surface area contributed by atoms with E-state index in [0.717, 1.165) is 42.6 Å². The molecule has 2 heterocycles. The van der Waals surface area contributed by atoms with Gasteiger partial charge in [0.05, 0.1) is 5.71 Å². The van der Waals surface area contributed by atoms with E-state index in [1.807, 2.05) is 31.2 Å². The van der Waals surface area contributed by atoms with Crippen molar-refractivity contribution < 1.29 is 13.9 Å². The van der Waals surface area contributed by atoms with Crippen molar-refractivity contribution in [2.24, 2.45) is 5.92 Å². The maximum Gasteiger partial charge on any atom is 0.151 e. The lowest BCUT2D eigenvalue weighted by atomic mass is 9.98. The summed E-state index contributed by atoms with van der Waals surface area (Å²) in [5.74, 6) is 1.20. The summed E-state index contributed by atoms with van der Waals surface area (Å²) in [6, 6.07) is 15.2. The van der Waals surface area contributed by atoms with Crippen LogP contribution in [0.3, 0.4) is 0 Å². The number of hydrogen-bond donors (Lipinski definition) is 3. The molecule has 4 aromatic rings. The van der Waals surface area contributed by atoms with Gasteiger partial charge in [-0.3, -0.25) is 4.98 Å². The molecule has 38 heavy (non-hydrogen) atoms. The van der Waals surface area contributed by atoms with Gasteiger partial charge in [-0.1, -0.05) is 18.9 Å². The Balaban J connectivity index is 1.26. The van der Waals surface area contributed by atoms with Gasteiger partial charge >= 0.3 is 0 Å². The minimum Gasteiger partial charge on any atom is -0.489 e. The zero-order valence-corrected chi connectivity index (χ0v) is 21.1. The van der Waals surface area contributed by atoms with E-state index >= 15 is 0 Å². The molecule has 194 valence electrons. The molecule has 0 bridgehead atoms. The number of anilines is 3. The SMILES string of the molecule is Cc1ccc(COc2cc(F)cc(Oc3ccc(Nc4c(N)ncnc4C(=N)C4CCCC4)cc3)c2)cn1. The van der Waals surface area contributed by atoms with E-state index in [1.54, 1.807) is 24.4 Å². The van der Waals surface area contributed by atoms with Gasteiger partial charge in [-0.15, -0.1) is 0 Å². The maximum atomic E-state index is 14.2. The molecule has 5 rings (SSSR count). The number of aryl methyl sites for hydroxylation is 1. The molecule has 1 aliphatic carbocycles. The lowest BCUT2D eigenvalue weighted by Gasteiger charge is -2.17. The molecule has 0 radical (unpaired) electrons. The van der Waals surface area contributed by atoms with E-state index in [9.17, 15) is 4.39 Å². The topological polar surface area (TPSA) is 119 Å². The van der Waals surface area contributed by atoms with Crippen molar-refractivity contribution in [2.75, 3.05) is 11.1 Å². The smallest absolute Gasteiger partial charge is 0.151 e. The number of pyridine rings is 1. The molecule has 1 saturated carbocycles. The summed E-state index contributed by atoms with van der Waals surface area (Å²) in [6.07, 6.45) is 7.36. The second kappa shape index (κ2) is 11.2. The van der Waals surface area contributed by atoms with Crippen LogP contribution in [0.2, 0.25) is 0 Å². The number of nitrogen functional groups attached to an aromatic ring is 1. The van der Waals surface area contributed by atoms with E-state index in [1.165, 1.54) is 18.5 Å². The average Bonchev–Trinajstić information content (AvgIpc) is 3.45. The normalized spacial score (nSPS) is 13.3. The van der Waals surface area contributed by atoms with Crippen LogP contribution in [0.15, 0.2) is 67.1 Å². The van der Waals surface area contributed by atoms with Crippen molar-refractivity contribution in [3.05, 3.63) is 89.9 Å². The number of nitrogens with one attached hydrogen (secondary N) is 2. The van der Waals surface area contributed by atoms with Gasteiger partial charge in [0.25, 0.3) is 0 Å². The second-order valence-electron chi connectivity index (χ2n) is 9.35. The lowest BCUT2D eigenvalue weighted by Crippen LogP contribution is -2.16. The number of hydrogen-bond acceptors (Lipinski definition) is 8. The molecule has 1 fully saturated rings. The highest BCUT2D eigenvalue weighted by Crippen LogP contribution is 2.33. The predicted octanol–water partition coefficient (Wildman–Crippen LogP) is 6.57. The molecule has 1 aliphatic rings. The Morgan fingerprint density at radius 1 is 1.00 bits per heavy atom. The minimum absolute atomic E-state index is 0.189. The highest BCUT2D eigenvalue weighted by Gasteiger charge is 2.25. The maximum absolute atomic E-state index is 14.2. The first-order valence-electron chi connectivity index (χ1n) is 12.5. The summed E-state index contributed by atoms with van der Waals surface area (Å²) in [6.45, 7) is 2.18. The van der Waals surface area contributed by atoms with Crippen LogP contribution in [0.25, 0.3) is 0 Å². The van der Waals surface area contributed by atoms with Gasteiger partial charge in [-0.05, 0) is 50.1 Å². The molecule has 0 atom stereocenters. The number of benzene rings is 2. The number of aromatic nitrogens is 3. The van der Waals surface area contributed by atoms with Crippen molar-refractivity contribution >= 4 is 22.9 Å². The Labute approximate surface area is 220 Å². The fraction of sp³-hybridized carbons (Fsp3) is 0.241. The number of halogens is 1. The zero-order valence-electron chi connectivity index (χ0n) is 21.1. The summed E-state index contributed by atoms with van der Waals surface area (Å²) in [7, 11) is 0. The number of nitrogens with two attached hydrogens (primary N) is 1. The van der Waals surface area contributed by atoms with Gasteiger partial charge in [-0.2, -0.15) is 0 Å². The second-order valence-corrected chi connectivity index (χ2v) is 9.35. The first-order chi connectivity index (χ1) is 18.4. The van der Waals surface area contributed by atoms with Crippen LogP contribution in [-0.4, -0.2) is 20.7 Å². The first-order valence-corrected chi connectivity index (χ1v) is 12.5. The van der Waals surface area contributed by atoms with Gasteiger partial charge in [0.2, 0.25) is 0 Å². The molecule has 9 heteroatoms. The van der Waals surface area contributed by atoms with Crippen molar-refractivity contribution in [3.8, 4) is 17.2 Å². The van der Waals surface area contributed by atoms with E-state index in [4.69, 9.17) is 20.6 Å². The van der Waals surface area contributed by atoms with Crippen LogP contribution in [0, 0.1) is 24.1 Å². The summed E-state index contributed by atoms with van der Waals surface area (Å²) >= 11 is 0. The third-order valence-electron chi connectivity index (χ3n) is 6.48. The summed E-state index contributed by atoms with van der Waals surface area (Å²) in [5, 5.41) is 11.9. The van der Waals surface area contributed by atoms with Gasteiger partial charge in [-0.25, -0.2) is 14.4 Å². The van der Waals surface area contributed by atoms with Crippen LogP contribution < -0.4 is 20.5 Å². The Morgan fingerprint density at radius 3 is 2.50 bits per heavy atom. The third kappa shape index (κ3) is 6.05. The number of rotatable bonds is 9. The monoisotopic (exact) mass is 512 g/mol. The van der Waals surface area contributed by atoms with Gasteiger partial charge in [0, 0.05) is 47.3 Å². The summed E-state index contributed by atoms with van der Waals surface area (Å²) in [4.78, 5) is 12.7. The van der Waals surface area contributed by atoms with E-state index < -0.39 is 5.82 Å². The molecule has 0 spiro atoms. The van der Waals surface area contributed by atoms with Crippen LogP contribution >= 0.6 is 0 Å². The fourth-order valence-corrected chi connectivity index (χ4v) is 4.45. The lowest BCUT2D eigenvalue weighted by molar-refractivity contribution is 0.302. The molecule has 0 unspecified atom stereocenters. The summed E-state index contributed by atoms with van der Waals surface area (Å²) < 4.78 is 25.9. The third-order valence-corrected chi connectivity index (χ3v) is 6.48. The molecule has 2 aromatic carbocycles. The van der Waals surface area contributed by atoms with Crippen LogP contribution in [-0.2, 0) is 6.61 Å². The van der Waals surface area contributed by atoms with Crippen molar-refractivity contribution in [2.45, 2.75) is 39.2 Å². The molecule has 4 N–H and O–H groups in total. The minimum atomic E-state index is -0.463. The highest BCUT2D eigenvalue weighted by atomic mass is 19.1. The molecular weight excluding hydrogens is 483 g/mol. The Morgan fingerprint density at radius 2 is 1.76 bits per heavy atom. The molecular formula is C29H29FN6O2. The Hall–Kier alpha value is -4.53. The molecule has 0 aliphatic heterocycles. The highest BCUT2D eigenvalue weighted by molar-refractivity contribution is 6.05.